The van der Waals surface area contributed by atoms with Gasteiger partial charge < -0.3 is 9.47 Å². The molecule has 6 nitrogen and oxygen atoms in total. The summed E-state index contributed by atoms with van der Waals surface area (Å²) >= 11 is 0. The van der Waals surface area contributed by atoms with Crippen LogP contribution in [-0.2, 0) is 9.53 Å². The number of nitro benzene ring substituents is 1. The molecule has 7 heteroatoms. The Kier molecular flexibility index (Phi) is 3.14. The van der Waals surface area contributed by atoms with Gasteiger partial charge in [0.1, 0.15) is 11.9 Å². The Labute approximate surface area is 101 Å². The van der Waals surface area contributed by atoms with Crippen LogP contribution in [0.25, 0.3) is 0 Å². The van der Waals surface area contributed by atoms with Crippen molar-refractivity contribution in [2.45, 2.75) is 25.6 Å². The van der Waals surface area contributed by atoms with Gasteiger partial charge in [-0.2, -0.15) is 0 Å². The second-order valence-electron chi connectivity index (χ2n) is 3.96. The highest BCUT2D eigenvalue weighted by atomic mass is 19.1. The minimum Gasteiger partial charge on any atom is -0.471 e. The predicted octanol–water partition coefficient (Wildman–Crippen LogP) is 1.82. The number of cyclic esters (lactones) is 1. The van der Waals surface area contributed by atoms with Gasteiger partial charge in [0.25, 0.3) is 0 Å². The van der Waals surface area contributed by atoms with Crippen molar-refractivity contribution in [1.82, 2.24) is 0 Å². The second-order valence-corrected chi connectivity index (χ2v) is 3.96. The molecule has 0 radical (unpaired) electrons. The Bertz CT molecular complexity index is 504. The molecule has 1 aromatic carbocycles. The van der Waals surface area contributed by atoms with Gasteiger partial charge in [0, 0.05) is 18.6 Å². The fraction of sp³-hybridized carbons (Fsp3) is 0.364. The molecule has 0 saturated carbocycles. The molecule has 0 aliphatic carbocycles. The lowest BCUT2D eigenvalue weighted by Gasteiger charge is -2.09. The molecule has 0 unspecified atom stereocenters. The minimum atomic E-state index is -0.930. The number of hydrogen-bond acceptors (Lipinski definition) is 5. The Morgan fingerprint density at radius 1 is 1.56 bits per heavy atom. The van der Waals surface area contributed by atoms with Gasteiger partial charge in [-0.1, -0.05) is 0 Å². The minimum absolute atomic E-state index is 0.268. The van der Waals surface area contributed by atoms with Crippen LogP contribution in [0.4, 0.5) is 10.1 Å². The summed E-state index contributed by atoms with van der Waals surface area (Å²) < 4.78 is 23.1. The van der Waals surface area contributed by atoms with Crippen LogP contribution in [0.5, 0.6) is 5.75 Å². The zero-order valence-corrected chi connectivity index (χ0v) is 9.46. The molecule has 1 saturated heterocycles. The molecule has 1 aliphatic heterocycles. The average Bonchev–Trinajstić information content (AvgIpc) is 2.57. The van der Waals surface area contributed by atoms with Crippen molar-refractivity contribution in [2.75, 3.05) is 0 Å². The molecule has 18 heavy (non-hydrogen) atoms. The second kappa shape index (κ2) is 4.59. The molecule has 0 N–H and O–H groups in total. The van der Waals surface area contributed by atoms with Gasteiger partial charge in [0.05, 0.1) is 4.92 Å². The first-order valence-electron chi connectivity index (χ1n) is 5.28. The molecule has 1 fully saturated rings. The number of benzene rings is 1. The van der Waals surface area contributed by atoms with E-state index in [9.17, 15) is 19.3 Å². The largest absolute Gasteiger partial charge is 0.471 e. The highest BCUT2D eigenvalue weighted by Gasteiger charge is 2.35. The lowest BCUT2D eigenvalue weighted by molar-refractivity contribution is -0.386. The monoisotopic (exact) mass is 255 g/mol. The number of carbonyl (C=O) groups excluding carboxylic acids is 1. The fourth-order valence-electron chi connectivity index (χ4n) is 1.70. The molecule has 0 aromatic heterocycles. The molecule has 0 amide bonds. The fourth-order valence-corrected chi connectivity index (χ4v) is 1.70. The van der Waals surface area contributed by atoms with E-state index in [1.807, 2.05) is 0 Å². The molecule has 1 aromatic rings. The molecule has 0 spiro atoms. The first-order chi connectivity index (χ1) is 8.47. The van der Waals surface area contributed by atoms with E-state index in [1.165, 1.54) is 0 Å². The van der Waals surface area contributed by atoms with Crippen LogP contribution in [0.3, 0.4) is 0 Å². The van der Waals surface area contributed by atoms with E-state index < -0.39 is 22.8 Å². The summed E-state index contributed by atoms with van der Waals surface area (Å²) in [4.78, 5) is 21.4. The summed E-state index contributed by atoms with van der Waals surface area (Å²) in [6.45, 7) is 1.68. The van der Waals surface area contributed by atoms with Gasteiger partial charge in [0.15, 0.2) is 6.10 Å². The van der Waals surface area contributed by atoms with E-state index in [4.69, 9.17) is 9.47 Å². The quantitative estimate of drug-likeness (QED) is 0.467. The zero-order chi connectivity index (χ0) is 13.3. The maximum absolute atomic E-state index is 13.0. The third-order valence-corrected chi connectivity index (χ3v) is 2.51. The van der Waals surface area contributed by atoms with Gasteiger partial charge >= 0.3 is 11.7 Å². The number of esters is 1. The maximum atomic E-state index is 13.0. The normalized spacial score (nSPS) is 22.7. The molecular weight excluding hydrogens is 245 g/mol. The summed E-state index contributed by atoms with van der Waals surface area (Å²) in [6, 6.07) is 2.84. The molecule has 96 valence electrons. The summed E-state index contributed by atoms with van der Waals surface area (Å²) in [5.74, 6) is -1.54. The van der Waals surface area contributed by atoms with E-state index >= 15 is 0 Å². The maximum Gasteiger partial charge on any atom is 0.347 e. The topological polar surface area (TPSA) is 78.7 Å². The number of nitro groups is 1. The van der Waals surface area contributed by atoms with Crippen LogP contribution in [0, 0.1) is 15.9 Å². The molecule has 2 atom stereocenters. The van der Waals surface area contributed by atoms with E-state index in [1.54, 1.807) is 6.92 Å². The zero-order valence-electron chi connectivity index (χ0n) is 9.46. The number of nitrogens with zero attached hydrogens (tertiary/aromatic N) is 1. The third kappa shape index (κ3) is 2.39. The molecule has 1 heterocycles. The van der Waals surface area contributed by atoms with Crippen LogP contribution >= 0.6 is 0 Å². The number of rotatable bonds is 3. The van der Waals surface area contributed by atoms with Crippen LogP contribution in [0.2, 0.25) is 0 Å². The summed E-state index contributed by atoms with van der Waals surface area (Å²) in [6.07, 6.45) is -0.956. The highest BCUT2D eigenvalue weighted by Crippen LogP contribution is 2.30. The van der Waals surface area contributed by atoms with Gasteiger partial charge in [-0.25, -0.2) is 9.18 Å². The lowest BCUT2D eigenvalue weighted by Crippen LogP contribution is -2.22. The van der Waals surface area contributed by atoms with Crippen molar-refractivity contribution < 1.29 is 23.6 Å². The predicted molar refractivity (Wildman–Crippen MR) is 57.6 cm³/mol. The standard InChI is InChI=1S/C11H10FNO5/c1-6-4-10(11(14)17-6)18-9-5-7(12)2-3-8(9)13(15)16/h2-3,5-6,10H,4H2,1H3/t6-,10-/m0/s1. The number of ether oxygens (including phenoxy) is 2. The van der Waals surface area contributed by atoms with Gasteiger partial charge in [0.2, 0.25) is 5.75 Å². The van der Waals surface area contributed by atoms with Crippen molar-refractivity contribution in [3.8, 4) is 5.75 Å². The Morgan fingerprint density at radius 2 is 2.28 bits per heavy atom. The SMILES string of the molecule is C[C@H]1C[C@H](Oc2cc(F)ccc2[N+](=O)[O-])C(=O)O1. The molecule has 0 bridgehead atoms. The Morgan fingerprint density at radius 3 is 2.83 bits per heavy atom. The van der Waals surface area contributed by atoms with Crippen LogP contribution in [0.1, 0.15) is 13.3 Å². The molecule has 2 rings (SSSR count). The van der Waals surface area contributed by atoms with Crippen LogP contribution in [-0.4, -0.2) is 23.1 Å². The number of carbonyl (C=O) groups is 1. The summed E-state index contributed by atoms with van der Waals surface area (Å²) in [5, 5.41) is 10.7. The smallest absolute Gasteiger partial charge is 0.347 e. The van der Waals surface area contributed by atoms with E-state index in [-0.39, 0.29) is 24.0 Å². The van der Waals surface area contributed by atoms with E-state index in [2.05, 4.69) is 0 Å². The first kappa shape index (κ1) is 12.3. The number of hydrogen-bond donors (Lipinski definition) is 0. The first-order valence-corrected chi connectivity index (χ1v) is 5.28. The van der Waals surface area contributed by atoms with E-state index in [0.717, 1.165) is 18.2 Å². The average molecular weight is 255 g/mol. The summed E-state index contributed by atoms with van der Waals surface area (Å²) in [7, 11) is 0. The summed E-state index contributed by atoms with van der Waals surface area (Å²) in [5.41, 5.74) is -0.385. The third-order valence-electron chi connectivity index (χ3n) is 2.51. The van der Waals surface area contributed by atoms with Gasteiger partial charge in [-0.3, -0.25) is 10.1 Å². The van der Waals surface area contributed by atoms with Crippen LogP contribution in [0.15, 0.2) is 18.2 Å². The van der Waals surface area contributed by atoms with E-state index in [0.29, 0.717) is 0 Å². The van der Waals surface area contributed by atoms with Crippen molar-refractivity contribution in [1.29, 1.82) is 0 Å². The van der Waals surface area contributed by atoms with Gasteiger partial charge in [-0.05, 0) is 13.0 Å². The van der Waals surface area contributed by atoms with Crippen LogP contribution < -0.4 is 4.74 Å². The number of halogens is 1. The molecule has 1 aliphatic rings. The van der Waals surface area contributed by atoms with Crippen molar-refractivity contribution in [2.24, 2.45) is 0 Å². The van der Waals surface area contributed by atoms with Gasteiger partial charge in [-0.15, -0.1) is 0 Å². The van der Waals surface area contributed by atoms with Crippen molar-refractivity contribution >= 4 is 11.7 Å². The Hall–Kier alpha value is -2.18. The van der Waals surface area contributed by atoms with Crippen molar-refractivity contribution in [3.05, 3.63) is 34.1 Å². The molecular formula is C11H10FNO5. The highest BCUT2D eigenvalue weighted by molar-refractivity contribution is 5.77. The van der Waals surface area contributed by atoms with Crippen molar-refractivity contribution in [3.63, 3.8) is 0 Å². The lowest BCUT2D eigenvalue weighted by atomic mass is 10.2. The Balaban J connectivity index is 2.25.